The zero-order valence-corrected chi connectivity index (χ0v) is 23.0. The number of hydrogen-bond acceptors (Lipinski definition) is 10. The number of Topliss-reactive ketones (excluding diaryl/α,β-unsaturated/α-hetero) is 2. The molecule has 1 aromatic rings. The minimum absolute atomic E-state index is 0.0438. The van der Waals surface area contributed by atoms with Crippen LogP contribution in [0.1, 0.15) is 63.6 Å². The molecule has 1 heterocycles. The summed E-state index contributed by atoms with van der Waals surface area (Å²) in [4.78, 5) is 26.8. The average molecular weight is 549 g/mol. The van der Waals surface area contributed by atoms with E-state index >= 15 is 0 Å². The summed E-state index contributed by atoms with van der Waals surface area (Å²) in [7, 11) is 0. The number of aromatic hydroxyl groups is 1. The van der Waals surface area contributed by atoms with Crippen molar-refractivity contribution in [2.45, 2.75) is 103 Å². The number of carbonyl (C=O) groups excluding carboxylic acids is 2. The molecule has 0 unspecified atom stereocenters. The van der Waals surface area contributed by atoms with Crippen LogP contribution in [0.15, 0.2) is 6.07 Å². The number of hydrogen-bond donors (Lipinski definition) is 6. The third-order valence-electron chi connectivity index (χ3n) is 11.0. The van der Waals surface area contributed by atoms with Crippen LogP contribution in [0.4, 0.5) is 0 Å². The predicted octanol–water partition coefficient (Wildman–Crippen LogP) is 0.655. The molecule has 10 nitrogen and oxygen atoms in total. The van der Waals surface area contributed by atoms with Crippen molar-refractivity contribution >= 4 is 11.6 Å². The summed E-state index contributed by atoms with van der Waals surface area (Å²) in [5, 5.41) is 62.4. The van der Waals surface area contributed by atoms with Crippen LogP contribution in [-0.4, -0.2) is 85.6 Å². The number of aliphatic hydroxyl groups is 5. The first-order valence-corrected chi connectivity index (χ1v) is 13.7. The predicted molar refractivity (Wildman–Crippen MR) is 137 cm³/mol. The highest BCUT2D eigenvalue weighted by Gasteiger charge is 2.71. The second-order valence-corrected chi connectivity index (χ2v) is 12.8. The lowest BCUT2D eigenvalue weighted by Crippen LogP contribution is -2.61. The number of phenols is 1. The first kappa shape index (κ1) is 28.4. The molecule has 1 aliphatic heterocycles. The molecule has 5 rings (SSSR count). The molecule has 10 heteroatoms. The Labute approximate surface area is 227 Å². The highest BCUT2D eigenvalue weighted by molar-refractivity contribution is 5.94. The zero-order chi connectivity index (χ0) is 28.8. The van der Waals surface area contributed by atoms with Crippen molar-refractivity contribution in [1.29, 1.82) is 0 Å². The van der Waals surface area contributed by atoms with Crippen LogP contribution in [-0.2, 0) is 26.2 Å². The van der Waals surface area contributed by atoms with Gasteiger partial charge in [-0.2, -0.15) is 0 Å². The molecule has 1 saturated heterocycles. The monoisotopic (exact) mass is 548 g/mol. The molecule has 1 aromatic carbocycles. The lowest BCUT2D eigenvalue weighted by atomic mass is 9.42. The quantitative estimate of drug-likeness (QED) is 0.314. The first-order valence-electron chi connectivity index (χ1n) is 13.7. The molecule has 4 aliphatic rings. The molecule has 0 radical (unpaired) electrons. The van der Waals surface area contributed by atoms with Crippen LogP contribution in [0.5, 0.6) is 11.5 Å². The van der Waals surface area contributed by atoms with Gasteiger partial charge in [-0.25, -0.2) is 0 Å². The van der Waals surface area contributed by atoms with E-state index in [1.165, 1.54) is 6.92 Å². The fraction of sp³-hybridized carbons (Fsp3) is 0.724. The largest absolute Gasteiger partial charge is 0.504 e. The van der Waals surface area contributed by atoms with Crippen LogP contribution in [0.2, 0.25) is 0 Å². The van der Waals surface area contributed by atoms with Crippen LogP contribution in [0, 0.1) is 29.6 Å². The minimum atomic E-state index is -1.67. The normalized spacial score (nSPS) is 45.3. The van der Waals surface area contributed by atoms with E-state index in [0.717, 1.165) is 5.56 Å². The Morgan fingerprint density at radius 2 is 1.77 bits per heavy atom. The number of rotatable bonds is 4. The van der Waals surface area contributed by atoms with Gasteiger partial charge in [0.15, 0.2) is 11.5 Å². The Balaban J connectivity index is 1.58. The Bertz CT molecular complexity index is 1200. The summed E-state index contributed by atoms with van der Waals surface area (Å²) in [5.41, 5.74) is -0.159. The molecule has 3 aliphatic carbocycles. The number of benzene rings is 1. The van der Waals surface area contributed by atoms with Crippen LogP contribution in [0.3, 0.4) is 0 Å². The molecular weight excluding hydrogens is 508 g/mol. The van der Waals surface area contributed by atoms with E-state index in [1.807, 2.05) is 13.8 Å². The summed E-state index contributed by atoms with van der Waals surface area (Å²) in [6.45, 7) is 8.51. The number of fused-ring (bicyclic) bond motifs is 5. The van der Waals surface area contributed by atoms with Gasteiger partial charge < -0.3 is 40.1 Å². The molecule has 6 N–H and O–H groups in total. The lowest BCUT2D eigenvalue weighted by molar-refractivity contribution is -0.277. The van der Waals surface area contributed by atoms with E-state index < -0.39 is 65.6 Å². The average Bonchev–Trinajstić information content (AvgIpc) is 3.07. The number of ether oxygens (including phenoxy) is 2. The molecule has 2 saturated carbocycles. The van der Waals surface area contributed by atoms with E-state index in [0.29, 0.717) is 30.4 Å². The summed E-state index contributed by atoms with van der Waals surface area (Å²) in [6.07, 6.45) is -6.63. The third kappa shape index (κ3) is 3.68. The van der Waals surface area contributed by atoms with Crippen LogP contribution >= 0.6 is 0 Å². The van der Waals surface area contributed by atoms with Crippen molar-refractivity contribution in [3.8, 4) is 11.5 Å². The number of ketones is 2. The van der Waals surface area contributed by atoms with Crippen LogP contribution < -0.4 is 4.74 Å². The topological polar surface area (TPSA) is 174 Å². The van der Waals surface area contributed by atoms with Crippen molar-refractivity contribution in [2.24, 2.45) is 22.7 Å². The summed E-state index contributed by atoms with van der Waals surface area (Å²) < 4.78 is 11.3. The van der Waals surface area contributed by atoms with Gasteiger partial charge in [-0.3, -0.25) is 9.59 Å². The maximum Gasteiger partial charge on any atom is 0.229 e. The molecule has 216 valence electrons. The maximum absolute atomic E-state index is 14.1. The van der Waals surface area contributed by atoms with Gasteiger partial charge in [-0.1, -0.05) is 13.8 Å². The SMILES string of the molecule is CC(=O)[C@@H]1[C@H](O)C[C@@]2(C)[C@@H]3CCc4c(cc(O[C@@H]5O[C@@H](CO)[C@@H](O)[C@H](O)[C@H]5O)c(O)c4C)[C@]3(C)C(=O)C[C@]12C. The van der Waals surface area contributed by atoms with Crippen LogP contribution in [0.25, 0.3) is 0 Å². The molecule has 0 bridgehead atoms. The summed E-state index contributed by atoms with van der Waals surface area (Å²) >= 11 is 0. The van der Waals surface area contributed by atoms with E-state index in [4.69, 9.17) is 9.47 Å². The van der Waals surface area contributed by atoms with Gasteiger partial charge in [0.2, 0.25) is 6.29 Å². The highest BCUT2D eigenvalue weighted by Crippen LogP contribution is 2.70. The van der Waals surface area contributed by atoms with Crippen molar-refractivity contribution in [3.05, 3.63) is 22.8 Å². The molecule has 0 amide bonds. The van der Waals surface area contributed by atoms with E-state index in [2.05, 4.69) is 6.92 Å². The van der Waals surface area contributed by atoms with Crippen molar-refractivity contribution < 1.29 is 49.7 Å². The van der Waals surface area contributed by atoms with E-state index in [1.54, 1.807) is 13.0 Å². The van der Waals surface area contributed by atoms with E-state index in [9.17, 15) is 40.2 Å². The van der Waals surface area contributed by atoms with Crippen molar-refractivity contribution in [3.63, 3.8) is 0 Å². The standard InChI is InChI=1S/C29H40O10/c1-12-14-6-7-19-27(3)9-16(32)21(13(2)31)28(27,4)10-20(33)29(19,5)15(14)8-17(22(12)34)38-26-25(37)24(36)23(35)18(11-30)39-26/h8,16,18-19,21,23-26,30,32,34-37H,6-7,9-11H2,1-5H3/t16-,18+,19+,21-,23-,24+,25-,26-,27+,28-,29+/m1/s1. The van der Waals surface area contributed by atoms with Gasteiger partial charge in [-0.05, 0) is 79.5 Å². The minimum Gasteiger partial charge on any atom is -0.504 e. The van der Waals surface area contributed by atoms with Gasteiger partial charge in [0.25, 0.3) is 0 Å². The Morgan fingerprint density at radius 3 is 2.38 bits per heavy atom. The summed E-state index contributed by atoms with van der Waals surface area (Å²) in [6, 6.07) is 1.59. The van der Waals surface area contributed by atoms with Gasteiger partial charge in [0.05, 0.1) is 18.1 Å². The molecular formula is C29H40O10. The third-order valence-corrected chi connectivity index (χ3v) is 11.0. The highest BCUT2D eigenvalue weighted by atomic mass is 16.7. The smallest absolute Gasteiger partial charge is 0.229 e. The fourth-order valence-electron chi connectivity index (χ4n) is 8.70. The first-order chi connectivity index (χ1) is 18.1. The number of phenolic OH excluding ortho intramolecular Hbond substituents is 1. The number of carbonyl (C=O) groups is 2. The van der Waals surface area contributed by atoms with Gasteiger partial charge in [0.1, 0.15) is 36.0 Å². The van der Waals surface area contributed by atoms with Gasteiger partial charge in [-0.15, -0.1) is 0 Å². The molecule has 3 fully saturated rings. The summed E-state index contributed by atoms with van der Waals surface area (Å²) in [5.74, 6) is -1.22. The van der Waals surface area contributed by atoms with Gasteiger partial charge in [0, 0.05) is 12.3 Å². The van der Waals surface area contributed by atoms with E-state index in [-0.39, 0.29) is 35.4 Å². The maximum atomic E-state index is 14.1. The molecule has 11 atom stereocenters. The van der Waals surface area contributed by atoms with Crippen molar-refractivity contribution in [2.75, 3.05) is 6.61 Å². The lowest BCUT2D eigenvalue weighted by Gasteiger charge is -2.60. The van der Waals surface area contributed by atoms with Crippen molar-refractivity contribution in [1.82, 2.24) is 0 Å². The molecule has 39 heavy (non-hydrogen) atoms. The Kier molecular flexibility index (Phi) is 6.73. The molecule has 0 spiro atoms. The fourth-order valence-corrected chi connectivity index (χ4v) is 8.70. The zero-order valence-electron chi connectivity index (χ0n) is 23.0. The Hall–Kier alpha value is -2.08. The van der Waals surface area contributed by atoms with Gasteiger partial charge >= 0.3 is 0 Å². The second-order valence-electron chi connectivity index (χ2n) is 12.8. The Morgan fingerprint density at radius 1 is 1.10 bits per heavy atom. The number of aliphatic hydroxyl groups excluding tert-OH is 5. The second kappa shape index (κ2) is 9.22. The molecule has 0 aromatic heterocycles.